The summed E-state index contributed by atoms with van der Waals surface area (Å²) in [7, 11) is 0. The van der Waals surface area contributed by atoms with Crippen LogP contribution in [0.4, 0.5) is 0 Å². The van der Waals surface area contributed by atoms with Crippen LogP contribution >= 0.6 is 11.3 Å². The highest BCUT2D eigenvalue weighted by Crippen LogP contribution is 2.15. The van der Waals surface area contributed by atoms with Gasteiger partial charge in [0.25, 0.3) is 5.91 Å². The highest BCUT2D eigenvalue weighted by atomic mass is 32.1. The number of amides is 1. The number of hydrogen-bond donors (Lipinski definition) is 1. The van der Waals surface area contributed by atoms with Crippen LogP contribution in [0, 0.1) is 6.92 Å². The van der Waals surface area contributed by atoms with E-state index in [-0.39, 0.29) is 5.91 Å². The maximum atomic E-state index is 11.8. The molecule has 0 aliphatic rings. The van der Waals surface area contributed by atoms with E-state index in [2.05, 4.69) is 16.9 Å². The first-order valence-electron chi connectivity index (χ1n) is 6.08. The van der Waals surface area contributed by atoms with Crippen LogP contribution in [-0.4, -0.2) is 17.4 Å². The molecule has 1 aromatic heterocycles. The standard InChI is InChI=1S/C15H16N2OS/c1-3-7-16-15(18)13-6-4-5-12(8-13)9-14-17-11(2)10-19-14/h3-6,8,10H,1,7,9H2,2H3,(H,16,18). The number of benzene rings is 1. The molecule has 0 radical (unpaired) electrons. The number of rotatable bonds is 5. The minimum absolute atomic E-state index is 0.0722. The number of carbonyl (C=O) groups excluding carboxylic acids is 1. The van der Waals surface area contributed by atoms with Crippen LogP contribution < -0.4 is 5.32 Å². The summed E-state index contributed by atoms with van der Waals surface area (Å²) in [6, 6.07) is 7.64. The zero-order valence-electron chi connectivity index (χ0n) is 10.8. The second kappa shape index (κ2) is 6.29. The molecule has 98 valence electrons. The molecular weight excluding hydrogens is 256 g/mol. The van der Waals surface area contributed by atoms with E-state index in [0.717, 1.165) is 22.7 Å². The third kappa shape index (κ3) is 3.76. The SMILES string of the molecule is C=CCNC(=O)c1cccc(Cc2nc(C)cs2)c1. The Morgan fingerprint density at radius 1 is 1.53 bits per heavy atom. The van der Waals surface area contributed by atoms with Crippen molar-refractivity contribution in [1.82, 2.24) is 10.3 Å². The number of nitrogens with one attached hydrogen (secondary N) is 1. The van der Waals surface area contributed by atoms with Gasteiger partial charge < -0.3 is 5.32 Å². The van der Waals surface area contributed by atoms with Crippen LogP contribution in [-0.2, 0) is 6.42 Å². The number of carbonyl (C=O) groups is 1. The van der Waals surface area contributed by atoms with Gasteiger partial charge >= 0.3 is 0 Å². The van der Waals surface area contributed by atoms with Crippen LogP contribution in [0.2, 0.25) is 0 Å². The van der Waals surface area contributed by atoms with E-state index < -0.39 is 0 Å². The quantitative estimate of drug-likeness (QED) is 0.850. The number of nitrogens with zero attached hydrogens (tertiary/aromatic N) is 1. The van der Waals surface area contributed by atoms with Crippen LogP contribution in [0.15, 0.2) is 42.3 Å². The predicted octanol–water partition coefficient (Wildman–Crippen LogP) is 2.96. The van der Waals surface area contributed by atoms with Gasteiger partial charge in [0, 0.05) is 29.6 Å². The normalized spacial score (nSPS) is 10.2. The topological polar surface area (TPSA) is 42.0 Å². The number of aryl methyl sites for hydroxylation is 1. The molecule has 2 rings (SSSR count). The highest BCUT2D eigenvalue weighted by molar-refractivity contribution is 7.09. The Kier molecular flexibility index (Phi) is 4.47. The third-order valence-electron chi connectivity index (χ3n) is 2.62. The van der Waals surface area contributed by atoms with Crippen molar-refractivity contribution in [1.29, 1.82) is 0 Å². The van der Waals surface area contributed by atoms with Crippen molar-refractivity contribution in [2.75, 3.05) is 6.54 Å². The first kappa shape index (κ1) is 13.5. The molecule has 19 heavy (non-hydrogen) atoms. The monoisotopic (exact) mass is 272 g/mol. The largest absolute Gasteiger partial charge is 0.349 e. The number of aromatic nitrogens is 1. The minimum atomic E-state index is -0.0722. The molecule has 1 amide bonds. The van der Waals surface area contributed by atoms with Crippen LogP contribution in [0.25, 0.3) is 0 Å². The fourth-order valence-corrected chi connectivity index (χ4v) is 2.55. The molecule has 0 fully saturated rings. The Hall–Kier alpha value is -1.94. The maximum absolute atomic E-state index is 11.8. The van der Waals surface area contributed by atoms with E-state index in [1.807, 2.05) is 36.6 Å². The lowest BCUT2D eigenvalue weighted by atomic mass is 10.1. The number of thiazole rings is 1. The molecule has 1 aromatic carbocycles. The zero-order chi connectivity index (χ0) is 13.7. The molecule has 0 unspecified atom stereocenters. The van der Waals surface area contributed by atoms with Gasteiger partial charge in [0.1, 0.15) is 0 Å². The highest BCUT2D eigenvalue weighted by Gasteiger charge is 2.06. The summed E-state index contributed by atoms with van der Waals surface area (Å²) in [6.45, 7) is 6.05. The fraction of sp³-hybridized carbons (Fsp3) is 0.200. The van der Waals surface area contributed by atoms with Gasteiger partial charge in [-0.15, -0.1) is 17.9 Å². The first-order valence-corrected chi connectivity index (χ1v) is 6.96. The van der Waals surface area contributed by atoms with Gasteiger partial charge in [-0.2, -0.15) is 0 Å². The van der Waals surface area contributed by atoms with Crippen LogP contribution in [0.3, 0.4) is 0 Å². The van der Waals surface area contributed by atoms with Crippen molar-refractivity contribution in [3.8, 4) is 0 Å². The molecule has 1 N–H and O–H groups in total. The van der Waals surface area contributed by atoms with Crippen molar-refractivity contribution >= 4 is 17.2 Å². The molecular formula is C15H16N2OS. The van der Waals surface area contributed by atoms with Gasteiger partial charge in [0.2, 0.25) is 0 Å². The molecule has 0 aliphatic carbocycles. The first-order chi connectivity index (χ1) is 9.19. The van der Waals surface area contributed by atoms with Gasteiger partial charge in [0.15, 0.2) is 0 Å². The summed E-state index contributed by atoms with van der Waals surface area (Å²) in [5.41, 5.74) is 2.81. The van der Waals surface area contributed by atoms with Gasteiger partial charge in [-0.25, -0.2) is 4.98 Å². The Balaban J connectivity index is 2.10. The Morgan fingerprint density at radius 3 is 3.05 bits per heavy atom. The molecule has 2 aromatic rings. The third-order valence-corrected chi connectivity index (χ3v) is 3.58. The molecule has 4 heteroatoms. The molecule has 0 saturated heterocycles. The van der Waals surface area contributed by atoms with Crippen molar-refractivity contribution < 1.29 is 4.79 Å². The van der Waals surface area contributed by atoms with E-state index in [0.29, 0.717) is 12.1 Å². The summed E-state index contributed by atoms with van der Waals surface area (Å²) < 4.78 is 0. The number of hydrogen-bond acceptors (Lipinski definition) is 3. The maximum Gasteiger partial charge on any atom is 0.251 e. The molecule has 3 nitrogen and oxygen atoms in total. The summed E-state index contributed by atoms with van der Waals surface area (Å²) in [5.74, 6) is -0.0722. The summed E-state index contributed by atoms with van der Waals surface area (Å²) in [4.78, 5) is 16.3. The predicted molar refractivity (Wildman–Crippen MR) is 78.6 cm³/mol. The molecule has 0 aliphatic heterocycles. The average Bonchev–Trinajstić information content (AvgIpc) is 2.81. The summed E-state index contributed by atoms with van der Waals surface area (Å²) in [6.07, 6.45) is 2.43. The zero-order valence-corrected chi connectivity index (χ0v) is 11.7. The van der Waals surface area contributed by atoms with Gasteiger partial charge in [-0.05, 0) is 24.6 Å². The van der Waals surface area contributed by atoms with E-state index in [1.165, 1.54) is 0 Å². The van der Waals surface area contributed by atoms with E-state index in [1.54, 1.807) is 17.4 Å². The van der Waals surface area contributed by atoms with Crippen molar-refractivity contribution in [2.24, 2.45) is 0 Å². The molecule has 0 atom stereocenters. The van der Waals surface area contributed by atoms with Crippen molar-refractivity contribution in [2.45, 2.75) is 13.3 Å². The summed E-state index contributed by atoms with van der Waals surface area (Å²) in [5, 5.41) is 5.88. The Morgan fingerprint density at radius 2 is 2.37 bits per heavy atom. The van der Waals surface area contributed by atoms with E-state index in [9.17, 15) is 4.79 Å². The van der Waals surface area contributed by atoms with Crippen molar-refractivity contribution in [3.05, 3.63) is 64.1 Å². The molecule has 0 saturated carbocycles. The minimum Gasteiger partial charge on any atom is -0.349 e. The van der Waals surface area contributed by atoms with Gasteiger partial charge in [0.05, 0.1) is 5.01 Å². The molecule has 0 spiro atoms. The van der Waals surface area contributed by atoms with Gasteiger partial charge in [-0.3, -0.25) is 4.79 Å². The average molecular weight is 272 g/mol. The van der Waals surface area contributed by atoms with Gasteiger partial charge in [-0.1, -0.05) is 18.2 Å². The fourth-order valence-electron chi connectivity index (χ4n) is 1.75. The van der Waals surface area contributed by atoms with Crippen LogP contribution in [0.1, 0.15) is 26.6 Å². The lowest BCUT2D eigenvalue weighted by molar-refractivity contribution is 0.0958. The Labute approximate surface area is 117 Å². The Bertz CT molecular complexity index is 589. The van der Waals surface area contributed by atoms with Crippen molar-refractivity contribution in [3.63, 3.8) is 0 Å². The lowest BCUT2D eigenvalue weighted by Gasteiger charge is -2.04. The molecule has 1 heterocycles. The van der Waals surface area contributed by atoms with E-state index >= 15 is 0 Å². The van der Waals surface area contributed by atoms with Crippen LogP contribution in [0.5, 0.6) is 0 Å². The lowest BCUT2D eigenvalue weighted by Crippen LogP contribution is -2.23. The second-order valence-corrected chi connectivity index (χ2v) is 5.20. The molecule has 0 bridgehead atoms. The van der Waals surface area contributed by atoms with E-state index in [4.69, 9.17) is 0 Å². The summed E-state index contributed by atoms with van der Waals surface area (Å²) >= 11 is 1.65. The second-order valence-electron chi connectivity index (χ2n) is 4.26. The smallest absolute Gasteiger partial charge is 0.251 e.